The lowest BCUT2D eigenvalue weighted by atomic mass is 10.00. The Morgan fingerprint density at radius 1 is 1.31 bits per heavy atom. The Bertz CT molecular complexity index is 335. The van der Waals surface area contributed by atoms with E-state index in [1.54, 1.807) is 0 Å². The zero-order valence-electron chi connectivity index (χ0n) is 9.79. The molecule has 0 aliphatic heterocycles. The van der Waals surface area contributed by atoms with Crippen LogP contribution in [0.5, 0.6) is 0 Å². The van der Waals surface area contributed by atoms with Gasteiger partial charge in [0, 0.05) is 6.54 Å². The number of rotatable bonds is 6. The number of nitrogens with one attached hydrogen (secondary N) is 1. The van der Waals surface area contributed by atoms with Crippen LogP contribution in [0.4, 0.5) is 0 Å². The first-order valence-corrected chi connectivity index (χ1v) is 6.56. The minimum atomic E-state index is -0.446. The fourth-order valence-electron chi connectivity index (χ4n) is 1.43. The van der Waals surface area contributed by atoms with Gasteiger partial charge in [-0.25, -0.2) is 0 Å². The summed E-state index contributed by atoms with van der Waals surface area (Å²) < 4.78 is 0. The third-order valence-corrected chi connectivity index (χ3v) is 3.15. The van der Waals surface area contributed by atoms with Gasteiger partial charge in [-0.15, -0.1) is 0 Å². The Hall–Kier alpha value is -0.670. The van der Waals surface area contributed by atoms with E-state index in [1.807, 2.05) is 32.0 Å². The fourth-order valence-corrected chi connectivity index (χ4v) is 2.13. The summed E-state index contributed by atoms with van der Waals surface area (Å²) >= 11 is 3.20. The summed E-state index contributed by atoms with van der Waals surface area (Å²) in [5.74, 6) is 0.181. The van der Waals surface area contributed by atoms with E-state index >= 15 is 0 Å². The van der Waals surface area contributed by atoms with Crippen LogP contribution in [0.15, 0.2) is 30.3 Å². The first kappa shape index (κ1) is 13.4. The van der Waals surface area contributed by atoms with Gasteiger partial charge >= 0.3 is 0 Å². The summed E-state index contributed by atoms with van der Waals surface area (Å²) in [5.41, 5.74) is 0.843. The molecule has 0 saturated carbocycles. The third kappa shape index (κ3) is 4.06. The predicted molar refractivity (Wildman–Crippen MR) is 71.0 cm³/mol. The van der Waals surface area contributed by atoms with Crippen molar-refractivity contribution in [2.75, 3.05) is 11.9 Å². The molecular weight excluding hydrogens is 266 g/mol. The van der Waals surface area contributed by atoms with Gasteiger partial charge in [0.25, 0.3) is 0 Å². The number of Topliss-reactive ketones (excluding diaryl/α,β-unsaturated/α-hetero) is 1. The van der Waals surface area contributed by atoms with Gasteiger partial charge in [-0.2, -0.15) is 0 Å². The first-order chi connectivity index (χ1) is 7.56. The van der Waals surface area contributed by atoms with E-state index < -0.39 is 5.54 Å². The van der Waals surface area contributed by atoms with E-state index in [9.17, 15) is 4.79 Å². The molecular formula is C13H18BrNO. The number of ketones is 1. The van der Waals surface area contributed by atoms with Crippen LogP contribution >= 0.6 is 15.9 Å². The fraction of sp³-hybridized carbons (Fsp3) is 0.462. The highest BCUT2D eigenvalue weighted by Crippen LogP contribution is 2.06. The third-order valence-electron chi connectivity index (χ3n) is 2.64. The lowest BCUT2D eigenvalue weighted by Crippen LogP contribution is -2.48. The van der Waals surface area contributed by atoms with E-state index in [2.05, 4.69) is 33.4 Å². The molecule has 88 valence electrons. The van der Waals surface area contributed by atoms with Gasteiger partial charge in [-0.1, -0.05) is 46.3 Å². The minimum Gasteiger partial charge on any atom is -0.305 e. The molecule has 0 radical (unpaired) electrons. The van der Waals surface area contributed by atoms with Crippen LogP contribution in [0.2, 0.25) is 0 Å². The van der Waals surface area contributed by atoms with Crippen molar-refractivity contribution in [3.05, 3.63) is 35.9 Å². The second-order valence-electron chi connectivity index (χ2n) is 4.34. The summed E-state index contributed by atoms with van der Waals surface area (Å²) in [6, 6.07) is 10.3. The van der Waals surface area contributed by atoms with E-state index in [-0.39, 0.29) is 5.78 Å². The Kier molecular flexibility index (Phi) is 5.16. The largest absolute Gasteiger partial charge is 0.305 e. The zero-order chi connectivity index (χ0) is 12.0. The number of benzene rings is 1. The molecule has 0 fully saturated rings. The molecule has 0 atom stereocenters. The van der Waals surface area contributed by atoms with Gasteiger partial charge in [0.05, 0.1) is 10.9 Å². The maximum Gasteiger partial charge on any atom is 0.162 e. The van der Waals surface area contributed by atoms with Crippen molar-refractivity contribution in [2.24, 2.45) is 0 Å². The second kappa shape index (κ2) is 6.16. The van der Waals surface area contributed by atoms with Crippen LogP contribution in [-0.2, 0) is 11.2 Å². The van der Waals surface area contributed by atoms with Gasteiger partial charge < -0.3 is 5.32 Å². The average molecular weight is 284 g/mol. The molecule has 1 aromatic rings. The molecule has 0 unspecified atom stereocenters. The normalized spacial score (nSPS) is 11.4. The molecule has 3 heteroatoms. The Morgan fingerprint density at radius 2 is 1.94 bits per heavy atom. The average Bonchev–Trinajstić information content (AvgIpc) is 2.29. The van der Waals surface area contributed by atoms with E-state index in [0.29, 0.717) is 5.33 Å². The molecule has 0 heterocycles. The predicted octanol–water partition coefficient (Wildman–Crippen LogP) is 2.56. The molecule has 0 aliphatic rings. The molecule has 0 amide bonds. The van der Waals surface area contributed by atoms with Crippen LogP contribution < -0.4 is 5.32 Å². The molecule has 0 spiro atoms. The van der Waals surface area contributed by atoms with Crippen molar-refractivity contribution >= 4 is 21.7 Å². The molecule has 16 heavy (non-hydrogen) atoms. The van der Waals surface area contributed by atoms with Crippen molar-refractivity contribution in [3.8, 4) is 0 Å². The van der Waals surface area contributed by atoms with Crippen LogP contribution in [0.3, 0.4) is 0 Å². The second-order valence-corrected chi connectivity index (χ2v) is 4.90. The first-order valence-electron chi connectivity index (χ1n) is 5.44. The standard InChI is InChI=1S/C13H18BrNO/c1-13(2,12(16)10-14)15-9-8-11-6-4-3-5-7-11/h3-7,15H,8-10H2,1-2H3. The topological polar surface area (TPSA) is 29.1 Å². The highest BCUT2D eigenvalue weighted by atomic mass is 79.9. The maximum absolute atomic E-state index is 11.6. The van der Waals surface area contributed by atoms with E-state index in [0.717, 1.165) is 13.0 Å². The van der Waals surface area contributed by atoms with Gasteiger partial charge in [-0.3, -0.25) is 4.79 Å². The minimum absolute atomic E-state index is 0.181. The van der Waals surface area contributed by atoms with Gasteiger partial charge in [0.2, 0.25) is 0 Å². The number of carbonyl (C=O) groups is 1. The molecule has 0 aromatic heterocycles. The molecule has 1 aromatic carbocycles. The van der Waals surface area contributed by atoms with Gasteiger partial charge in [0.15, 0.2) is 5.78 Å². The quantitative estimate of drug-likeness (QED) is 0.813. The molecule has 2 nitrogen and oxygen atoms in total. The smallest absolute Gasteiger partial charge is 0.162 e. The summed E-state index contributed by atoms with van der Waals surface area (Å²) in [7, 11) is 0. The van der Waals surface area contributed by atoms with E-state index in [4.69, 9.17) is 0 Å². The Morgan fingerprint density at radius 3 is 2.50 bits per heavy atom. The number of alkyl halides is 1. The van der Waals surface area contributed by atoms with E-state index in [1.165, 1.54) is 5.56 Å². The lowest BCUT2D eigenvalue weighted by molar-refractivity contribution is -0.121. The molecule has 0 bridgehead atoms. The van der Waals surface area contributed by atoms with Crippen molar-refractivity contribution in [1.82, 2.24) is 5.32 Å². The number of hydrogen-bond donors (Lipinski definition) is 1. The van der Waals surface area contributed by atoms with Crippen LogP contribution in [0, 0.1) is 0 Å². The summed E-state index contributed by atoms with van der Waals surface area (Å²) in [4.78, 5) is 11.6. The number of hydrogen-bond acceptors (Lipinski definition) is 2. The SMILES string of the molecule is CC(C)(NCCc1ccccc1)C(=O)CBr. The van der Waals surface area contributed by atoms with Crippen LogP contribution in [0.1, 0.15) is 19.4 Å². The number of halogens is 1. The Labute approximate surface area is 106 Å². The Balaban J connectivity index is 2.38. The van der Waals surface area contributed by atoms with Crippen LogP contribution in [0.25, 0.3) is 0 Å². The molecule has 0 aliphatic carbocycles. The van der Waals surface area contributed by atoms with Gasteiger partial charge in [0.1, 0.15) is 0 Å². The number of carbonyl (C=O) groups excluding carboxylic acids is 1. The zero-order valence-corrected chi connectivity index (χ0v) is 11.4. The molecule has 1 rings (SSSR count). The van der Waals surface area contributed by atoms with Crippen LogP contribution in [-0.4, -0.2) is 23.2 Å². The summed E-state index contributed by atoms with van der Waals surface area (Å²) in [6.07, 6.45) is 0.944. The van der Waals surface area contributed by atoms with Crippen molar-refractivity contribution in [2.45, 2.75) is 25.8 Å². The van der Waals surface area contributed by atoms with Gasteiger partial charge in [-0.05, 0) is 25.8 Å². The van der Waals surface area contributed by atoms with Crippen molar-refractivity contribution in [1.29, 1.82) is 0 Å². The maximum atomic E-state index is 11.6. The molecule has 0 saturated heterocycles. The van der Waals surface area contributed by atoms with Crippen molar-refractivity contribution < 1.29 is 4.79 Å². The summed E-state index contributed by atoms with van der Waals surface area (Å²) in [6.45, 7) is 4.65. The highest BCUT2D eigenvalue weighted by Gasteiger charge is 2.24. The lowest BCUT2D eigenvalue weighted by Gasteiger charge is -2.23. The molecule has 1 N–H and O–H groups in total. The monoisotopic (exact) mass is 283 g/mol. The highest BCUT2D eigenvalue weighted by molar-refractivity contribution is 9.09. The van der Waals surface area contributed by atoms with Crippen molar-refractivity contribution in [3.63, 3.8) is 0 Å². The summed E-state index contributed by atoms with van der Waals surface area (Å²) in [5, 5.41) is 3.68.